The molecule has 1 aromatic rings. The highest BCUT2D eigenvalue weighted by molar-refractivity contribution is 7.46. The summed E-state index contributed by atoms with van der Waals surface area (Å²) in [5, 5.41) is 3.83. The van der Waals surface area contributed by atoms with E-state index in [0.717, 1.165) is 38.5 Å². The Kier molecular flexibility index (Phi) is 22.8. The van der Waals surface area contributed by atoms with Crippen LogP contribution >= 0.6 is 7.82 Å². The standard InChI is InChI=1S/C35H64N5O9P/c1-4-6-8-10-12-14-15-16-18-20-22-46-27-29(47-23-21-19-17-13-11-9-7-5-2)24-31(49-50(43,44)45)33-30(38-39-36)25-32(48-33)40-26-28(3)34(41)37-35(40)42/h26,29-33H,4-25,27H2,1-3H3,(H,37,41,42)(H2,43,44,45)/t29?,30-,31?,32+,33-/m0/s1. The number of unbranched alkanes of at least 4 members (excludes halogenated alkanes) is 16. The van der Waals surface area contributed by atoms with Gasteiger partial charge in [0.2, 0.25) is 0 Å². The first-order chi connectivity index (χ1) is 24.1. The van der Waals surface area contributed by atoms with E-state index in [2.05, 4.69) is 28.9 Å². The molecule has 0 amide bonds. The van der Waals surface area contributed by atoms with Crippen LogP contribution < -0.4 is 11.2 Å². The van der Waals surface area contributed by atoms with E-state index in [9.17, 15) is 29.5 Å². The fraction of sp³-hybridized carbons (Fsp3) is 0.886. The molecule has 0 aromatic carbocycles. The lowest BCUT2D eigenvalue weighted by Crippen LogP contribution is -2.40. The van der Waals surface area contributed by atoms with Gasteiger partial charge in [0, 0.05) is 42.7 Å². The van der Waals surface area contributed by atoms with Crippen LogP contribution in [0.25, 0.3) is 10.4 Å². The van der Waals surface area contributed by atoms with Crippen molar-refractivity contribution < 1.29 is 33.1 Å². The van der Waals surface area contributed by atoms with Crippen LogP contribution in [0.3, 0.4) is 0 Å². The molecule has 0 spiro atoms. The molecule has 2 heterocycles. The molecule has 0 aliphatic carbocycles. The van der Waals surface area contributed by atoms with Crippen LogP contribution in [0.15, 0.2) is 20.9 Å². The molecule has 1 aromatic heterocycles. The van der Waals surface area contributed by atoms with Gasteiger partial charge in [0.15, 0.2) is 0 Å². The van der Waals surface area contributed by atoms with Crippen LogP contribution in [-0.4, -0.2) is 63.5 Å². The van der Waals surface area contributed by atoms with E-state index < -0.39 is 49.7 Å². The number of aromatic nitrogens is 2. The third-order valence-electron chi connectivity index (χ3n) is 9.22. The minimum atomic E-state index is -5.03. The van der Waals surface area contributed by atoms with Gasteiger partial charge in [0.25, 0.3) is 5.56 Å². The molecular weight excluding hydrogens is 665 g/mol. The third kappa shape index (κ3) is 18.5. The van der Waals surface area contributed by atoms with Crippen LogP contribution in [0, 0.1) is 6.92 Å². The number of hydrogen-bond donors (Lipinski definition) is 3. The Morgan fingerprint density at radius 1 is 0.940 bits per heavy atom. The highest BCUT2D eigenvalue weighted by atomic mass is 31.2. The fourth-order valence-electron chi connectivity index (χ4n) is 6.41. The zero-order chi connectivity index (χ0) is 36.6. The summed E-state index contributed by atoms with van der Waals surface area (Å²) >= 11 is 0. The molecule has 14 nitrogen and oxygen atoms in total. The van der Waals surface area contributed by atoms with Crippen LogP contribution in [0.4, 0.5) is 0 Å². The number of phosphoric acid groups is 1. The lowest BCUT2D eigenvalue weighted by Gasteiger charge is -2.30. The number of azide groups is 1. The van der Waals surface area contributed by atoms with E-state index in [1.165, 1.54) is 94.7 Å². The van der Waals surface area contributed by atoms with E-state index in [4.69, 9.17) is 18.7 Å². The van der Waals surface area contributed by atoms with Gasteiger partial charge in [-0.3, -0.25) is 18.9 Å². The first kappa shape index (κ1) is 44.1. The minimum absolute atomic E-state index is 0.00541. The normalized spacial score (nSPS) is 19.0. The second kappa shape index (κ2) is 25.9. The minimum Gasteiger partial charge on any atom is -0.379 e. The van der Waals surface area contributed by atoms with Gasteiger partial charge >= 0.3 is 13.5 Å². The molecule has 2 rings (SSSR count). The van der Waals surface area contributed by atoms with Crippen molar-refractivity contribution in [2.24, 2.45) is 5.11 Å². The zero-order valence-corrected chi connectivity index (χ0v) is 31.6. The maximum atomic E-state index is 12.6. The summed E-state index contributed by atoms with van der Waals surface area (Å²) in [6.07, 6.45) is 18.7. The number of ether oxygens (including phenoxy) is 3. The summed E-state index contributed by atoms with van der Waals surface area (Å²) in [7, 11) is -5.03. The van der Waals surface area contributed by atoms with Crippen molar-refractivity contribution in [3.05, 3.63) is 43.0 Å². The number of nitrogens with one attached hydrogen (secondary N) is 1. The Hall–Kier alpha value is -2.02. The second-order valence-corrected chi connectivity index (χ2v) is 14.8. The van der Waals surface area contributed by atoms with E-state index in [-0.39, 0.29) is 25.0 Å². The number of phosphoric ester groups is 1. The van der Waals surface area contributed by atoms with Crippen LogP contribution in [0.2, 0.25) is 0 Å². The van der Waals surface area contributed by atoms with Gasteiger partial charge in [-0.05, 0) is 25.3 Å². The fourth-order valence-corrected chi connectivity index (χ4v) is 6.97. The first-order valence-corrected chi connectivity index (χ1v) is 20.6. The summed E-state index contributed by atoms with van der Waals surface area (Å²) in [6.45, 7) is 7.14. The highest BCUT2D eigenvalue weighted by Gasteiger charge is 2.44. The topological polar surface area (TPSA) is 198 Å². The molecule has 288 valence electrons. The summed E-state index contributed by atoms with van der Waals surface area (Å²) in [6, 6.07) is -0.915. The molecule has 0 bridgehead atoms. The summed E-state index contributed by atoms with van der Waals surface area (Å²) in [5.74, 6) is 0. The van der Waals surface area contributed by atoms with Crippen molar-refractivity contribution in [3.8, 4) is 0 Å². The maximum Gasteiger partial charge on any atom is 0.469 e. The van der Waals surface area contributed by atoms with E-state index in [0.29, 0.717) is 13.2 Å². The highest BCUT2D eigenvalue weighted by Crippen LogP contribution is 2.43. The lowest BCUT2D eigenvalue weighted by atomic mass is 10.0. The van der Waals surface area contributed by atoms with E-state index >= 15 is 0 Å². The van der Waals surface area contributed by atoms with Crippen molar-refractivity contribution in [2.45, 2.75) is 180 Å². The van der Waals surface area contributed by atoms with Gasteiger partial charge in [-0.1, -0.05) is 122 Å². The number of nitrogens with zero attached hydrogens (tertiary/aromatic N) is 4. The molecule has 1 aliphatic rings. The molecule has 0 saturated carbocycles. The van der Waals surface area contributed by atoms with Crippen molar-refractivity contribution in [1.29, 1.82) is 0 Å². The van der Waals surface area contributed by atoms with Gasteiger partial charge in [-0.15, -0.1) is 0 Å². The Morgan fingerprint density at radius 3 is 2.02 bits per heavy atom. The Bertz CT molecular complexity index is 1270. The van der Waals surface area contributed by atoms with Gasteiger partial charge in [0.05, 0.1) is 31.0 Å². The molecular formula is C35H64N5O9P. The Labute approximate surface area is 297 Å². The molecule has 1 saturated heterocycles. The lowest BCUT2D eigenvalue weighted by molar-refractivity contribution is -0.0915. The van der Waals surface area contributed by atoms with Crippen LogP contribution in [0.5, 0.6) is 0 Å². The van der Waals surface area contributed by atoms with Crippen molar-refractivity contribution >= 4 is 7.82 Å². The first-order valence-electron chi connectivity index (χ1n) is 19.0. The number of H-pyrrole nitrogens is 1. The van der Waals surface area contributed by atoms with Crippen molar-refractivity contribution in [2.75, 3.05) is 19.8 Å². The largest absolute Gasteiger partial charge is 0.469 e. The molecule has 5 atom stereocenters. The van der Waals surface area contributed by atoms with E-state index in [1.54, 1.807) is 0 Å². The number of hydrogen-bond acceptors (Lipinski definition) is 8. The average Bonchev–Trinajstić information content (AvgIpc) is 3.48. The smallest absolute Gasteiger partial charge is 0.379 e. The summed E-state index contributed by atoms with van der Waals surface area (Å²) < 4.78 is 37.0. The average molecular weight is 730 g/mol. The molecule has 2 unspecified atom stereocenters. The quantitative estimate of drug-likeness (QED) is 0.0230. The number of aryl methyl sites for hydroxylation is 1. The predicted octanol–water partition coefficient (Wildman–Crippen LogP) is 8.14. The number of rotatable bonds is 30. The SMILES string of the molecule is CCCCCCCCCCCCOCC(CC(OP(=O)(O)O)[C@H]1O[C@@H](n2cc(C)c(=O)[nH]c2=O)C[C@@H]1N=[N+]=[N-])OCCCCCCCCCC. The molecule has 3 N–H and O–H groups in total. The van der Waals surface area contributed by atoms with Crippen LogP contribution in [-0.2, 0) is 23.3 Å². The Balaban J connectivity index is 2.05. The van der Waals surface area contributed by atoms with Gasteiger partial charge < -0.3 is 24.0 Å². The molecule has 50 heavy (non-hydrogen) atoms. The monoisotopic (exact) mass is 729 g/mol. The van der Waals surface area contributed by atoms with Crippen molar-refractivity contribution in [1.82, 2.24) is 9.55 Å². The van der Waals surface area contributed by atoms with E-state index in [1.807, 2.05) is 0 Å². The van der Waals surface area contributed by atoms with Crippen molar-refractivity contribution in [3.63, 3.8) is 0 Å². The van der Waals surface area contributed by atoms with Gasteiger partial charge in [-0.2, -0.15) is 0 Å². The van der Waals surface area contributed by atoms with Gasteiger partial charge in [-0.25, -0.2) is 9.36 Å². The summed E-state index contributed by atoms with van der Waals surface area (Å²) in [4.78, 5) is 49.4. The second-order valence-electron chi connectivity index (χ2n) is 13.6. The van der Waals surface area contributed by atoms with Crippen LogP contribution in [0.1, 0.15) is 154 Å². The maximum absolute atomic E-state index is 12.6. The zero-order valence-electron chi connectivity index (χ0n) is 30.7. The summed E-state index contributed by atoms with van der Waals surface area (Å²) in [5.41, 5.74) is 8.32. The molecule has 1 aliphatic heterocycles. The molecule has 0 radical (unpaired) electrons. The third-order valence-corrected chi connectivity index (χ3v) is 9.77. The number of aromatic amines is 1. The predicted molar refractivity (Wildman–Crippen MR) is 194 cm³/mol. The Morgan fingerprint density at radius 2 is 1.48 bits per heavy atom. The molecule has 15 heteroatoms. The van der Waals surface area contributed by atoms with Gasteiger partial charge in [0.1, 0.15) is 6.23 Å². The molecule has 1 fully saturated rings.